The van der Waals surface area contributed by atoms with Crippen LogP contribution in [0.3, 0.4) is 0 Å². The molecule has 1 aromatic carbocycles. The van der Waals surface area contributed by atoms with E-state index in [2.05, 4.69) is 56.0 Å². The first-order valence-electron chi connectivity index (χ1n) is 10.4. The predicted octanol–water partition coefficient (Wildman–Crippen LogP) is 2.51. The third-order valence-corrected chi connectivity index (χ3v) is 6.11. The van der Waals surface area contributed by atoms with Crippen LogP contribution in [0, 0.1) is 0 Å². The van der Waals surface area contributed by atoms with Crippen LogP contribution in [0.25, 0.3) is 0 Å². The molecule has 3 rings (SSSR count). The van der Waals surface area contributed by atoms with Crippen LogP contribution >= 0.6 is 0 Å². The molecule has 9 heteroatoms. The number of hydrogen-bond donors (Lipinski definition) is 0. The molecule has 1 aromatic rings. The van der Waals surface area contributed by atoms with Crippen molar-refractivity contribution in [3.8, 4) is 5.75 Å². The maximum atomic E-state index is 12.0. The number of carbonyl (C=O) groups is 1. The van der Waals surface area contributed by atoms with Crippen molar-refractivity contribution in [3.05, 3.63) is 41.1 Å². The van der Waals surface area contributed by atoms with E-state index < -0.39 is 15.6 Å². The zero-order valence-corrected chi connectivity index (χ0v) is 19.5. The normalized spacial score (nSPS) is 18.9. The first-order chi connectivity index (χ1) is 14.7. The molecular formula is C22H31N5O3S. The van der Waals surface area contributed by atoms with Gasteiger partial charge in [0.2, 0.25) is 5.96 Å². The number of fused-ring (bicyclic) bond motifs is 1. The second-order valence-electron chi connectivity index (χ2n) is 8.14. The van der Waals surface area contributed by atoms with Crippen LogP contribution < -0.4 is 4.74 Å². The highest BCUT2D eigenvalue weighted by Gasteiger charge is 2.24. The van der Waals surface area contributed by atoms with Crippen molar-refractivity contribution in [2.45, 2.75) is 26.3 Å². The lowest BCUT2D eigenvalue weighted by Crippen LogP contribution is -2.48. The number of amides is 1. The maximum Gasteiger partial charge on any atom is 0.282 e. The van der Waals surface area contributed by atoms with Gasteiger partial charge in [-0.3, -0.25) is 9.69 Å². The second-order valence-corrected chi connectivity index (χ2v) is 10.7. The van der Waals surface area contributed by atoms with E-state index in [4.69, 9.17) is 4.74 Å². The molecule has 1 amide bonds. The van der Waals surface area contributed by atoms with Gasteiger partial charge in [-0.15, -0.1) is 0 Å². The van der Waals surface area contributed by atoms with Gasteiger partial charge in [-0.25, -0.2) is 14.2 Å². The number of carbonyl (C=O) groups excluding carboxylic acids is 1. The lowest BCUT2D eigenvalue weighted by atomic mass is 10.0. The highest BCUT2D eigenvalue weighted by atomic mass is 32.2. The Labute approximate surface area is 184 Å². The fraction of sp³-hybridized carbons (Fsp3) is 0.500. The Kier molecular flexibility index (Phi) is 7.27. The molecule has 1 atom stereocenters. The van der Waals surface area contributed by atoms with Gasteiger partial charge in [-0.1, -0.05) is 12.1 Å². The Morgan fingerprint density at radius 2 is 1.97 bits per heavy atom. The number of guanidine groups is 1. The summed E-state index contributed by atoms with van der Waals surface area (Å²) >= 11 is 0. The van der Waals surface area contributed by atoms with E-state index in [9.17, 15) is 9.00 Å². The molecule has 2 aliphatic rings. The topological polar surface area (TPSA) is 86.9 Å². The van der Waals surface area contributed by atoms with Gasteiger partial charge in [0.15, 0.2) is 0 Å². The summed E-state index contributed by atoms with van der Waals surface area (Å²) in [6.07, 6.45) is 5.26. The molecule has 0 N–H and O–H groups in total. The molecule has 31 heavy (non-hydrogen) atoms. The highest BCUT2D eigenvalue weighted by molar-refractivity contribution is 7.92. The zero-order chi connectivity index (χ0) is 22.6. The van der Waals surface area contributed by atoms with E-state index in [1.54, 1.807) is 6.92 Å². The minimum absolute atomic E-state index is 0.285. The van der Waals surface area contributed by atoms with Gasteiger partial charge in [0.05, 0.1) is 6.61 Å². The van der Waals surface area contributed by atoms with Crippen molar-refractivity contribution in [1.82, 2.24) is 9.80 Å². The Hall–Kier alpha value is -2.52. The number of aliphatic imine (C=N–C) groups is 2. The molecule has 2 aliphatic heterocycles. The lowest BCUT2D eigenvalue weighted by molar-refractivity contribution is -0.114. The van der Waals surface area contributed by atoms with Crippen molar-refractivity contribution in [3.63, 3.8) is 0 Å². The first-order valence-corrected chi connectivity index (χ1v) is 12.7. The summed E-state index contributed by atoms with van der Waals surface area (Å²) < 4.78 is 21.1. The summed E-state index contributed by atoms with van der Waals surface area (Å²) in [4.78, 5) is 24.8. The molecule has 0 bridgehead atoms. The molecule has 1 saturated heterocycles. The minimum Gasteiger partial charge on any atom is -0.493 e. The SMILES string of the molecule is C=NC(=N/C=C(\C)C(=O)N=S(C)(C)=O)N1CCN(C(C)c2ccc3c(c2)OCC3)CC1. The molecule has 2 heterocycles. The van der Waals surface area contributed by atoms with Gasteiger partial charge in [0.25, 0.3) is 5.91 Å². The third-order valence-electron chi connectivity index (χ3n) is 5.50. The summed E-state index contributed by atoms with van der Waals surface area (Å²) in [5.41, 5.74) is 2.85. The largest absolute Gasteiger partial charge is 0.493 e. The zero-order valence-electron chi connectivity index (χ0n) is 18.7. The Morgan fingerprint density at radius 3 is 2.61 bits per heavy atom. The molecule has 1 fully saturated rings. The number of nitrogens with zero attached hydrogens (tertiary/aromatic N) is 5. The van der Waals surface area contributed by atoms with E-state index in [0.29, 0.717) is 11.5 Å². The van der Waals surface area contributed by atoms with E-state index >= 15 is 0 Å². The van der Waals surface area contributed by atoms with Crippen LogP contribution in [-0.4, -0.2) is 77.9 Å². The quantitative estimate of drug-likeness (QED) is 0.404. The number of piperazine rings is 1. The second kappa shape index (κ2) is 9.74. The van der Waals surface area contributed by atoms with Crippen molar-refractivity contribution in [1.29, 1.82) is 0 Å². The van der Waals surface area contributed by atoms with E-state index in [0.717, 1.165) is 45.0 Å². The van der Waals surface area contributed by atoms with Crippen LogP contribution in [-0.2, 0) is 20.9 Å². The maximum absolute atomic E-state index is 12.0. The number of ether oxygens (including phenoxy) is 1. The van der Waals surface area contributed by atoms with Crippen LogP contribution in [0.4, 0.5) is 0 Å². The summed E-state index contributed by atoms with van der Waals surface area (Å²) in [6.45, 7) is 11.4. The predicted molar refractivity (Wildman–Crippen MR) is 125 cm³/mol. The summed E-state index contributed by atoms with van der Waals surface area (Å²) in [7, 11) is -2.50. The molecule has 0 saturated carbocycles. The molecule has 1 unspecified atom stereocenters. The van der Waals surface area contributed by atoms with E-state index in [1.807, 2.05) is 0 Å². The van der Waals surface area contributed by atoms with Crippen LogP contribution in [0.1, 0.15) is 31.0 Å². The standard InChI is InChI=1S/C22H31N5O3S/c1-16(21(28)25-31(4,5)29)15-24-22(23-3)27-11-9-26(10-12-27)17(2)19-7-6-18-8-13-30-20(18)14-19/h6-7,14-15,17H,3,8-13H2,1-2,4-5H3/b16-15+,24-22?. The fourth-order valence-electron chi connectivity index (χ4n) is 3.67. The van der Waals surface area contributed by atoms with Crippen LogP contribution in [0.15, 0.2) is 44.3 Å². The van der Waals surface area contributed by atoms with Crippen molar-refractivity contribution in [2.24, 2.45) is 14.3 Å². The first kappa shape index (κ1) is 23.1. The molecule has 8 nitrogen and oxygen atoms in total. The number of hydrogen-bond acceptors (Lipinski definition) is 5. The lowest BCUT2D eigenvalue weighted by Gasteiger charge is -2.38. The Balaban J connectivity index is 1.62. The van der Waals surface area contributed by atoms with Gasteiger partial charge in [-0.05, 0) is 37.8 Å². The summed E-state index contributed by atoms with van der Waals surface area (Å²) in [6, 6.07) is 6.82. The average Bonchev–Trinajstić information content (AvgIpc) is 3.20. The molecule has 0 spiro atoms. The van der Waals surface area contributed by atoms with Crippen molar-refractivity contribution < 1.29 is 13.7 Å². The van der Waals surface area contributed by atoms with Gasteiger partial charge >= 0.3 is 0 Å². The monoisotopic (exact) mass is 445 g/mol. The van der Waals surface area contributed by atoms with Crippen molar-refractivity contribution >= 4 is 28.3 Å². The fourth-order valence-corrected chi connectivity index (χ4v) is 4.21. The number of rotatable bonds is 4. The minimum atomic E-state index is -2.50. The number of benzene rings is 1. The van der Waals surface area contributed by atoms with E-state index in [1.165, 1.54) is 29.8 Å². The molecule has 0 aromatic heterocycles. The Bertz CT molecular complexity index is 1020. The molecule has 0 radical (unpaired) electrons. The average molecular weight is 446 g/mol. The smallest absolute Gasteiger partial charge is 0.282 e. The summed E-state index contributed by atoms with van der Waals surface area (Å²) in [5.74, 6) is 0.955. The Morgan fingerprint density at radius 1 is 1.26 bits per heavy atom. The van der Waals surface area contributed by atoms with Gasteiger partial charge in [-0.2, -0.15) is 4.36 Å². The van der Waals surface area contributed by atoms with Gasteiger partial charge in [0.1, 0.15) is 5.75 Å². The van der Waals surface area contributed by atoms with Gasteiger partial charge in [0, 0.05) is 72.7 Å². The van der Waals surface area contributed by atoms with Crippen LogP contribution in [0.2, 0.25) is 0 Å². The van der Waals surface area contributed by atoms with Crippen molar-refractivity contribution in [2.75, 3.05) is 45.3 Å². The van der Waals surface area contributed by atoms with Crippen LogP contribution in [0.5, 0.6) is 5.75 Å². The highest BCUT2D eigenvalue weighted by Crippen LogP contribution is 2.31. The third kappa shape index (κ3) is 6.01. The molecular weight excluding hydrogens is 414 g/mol. The van der Waals surface area contributed by atoms with E-state index in [-0.39, 0.29) is 6.04 Å². The summed E-state index contributed by atoms with van der Waals surface area (Å²) in [5, 5.41) is 0. The molecule has 168 valence electrons. The molecule has 0 aliphatic carbocycles. The van der Waals surface area contributed by atoms with Gasteiger partial charge < -0.3 is 9.64 Å².